The topological polar surface area (TPSA) is 76.7 Å². The van der Waals surface area contributed by atoms with E-state index in [0.29, 0.717) is 16.1 Å². The van der Waals surface area contributed by atoms with Gasteiger partial charge in [-0.05, 0) is 35.9 Å². The van der Waals surface area contributed by atoms with Gasteiger partial charge in [0.05, 0.1) is 13.7 Å². The molecule has 0 aliphatic heterocycles. The van der Waals surface area contributed by atoms with Crippen molar-refractivity contribution in [3.63, 3.8) is 0 Å². The summed E-state index contributed by atoms with van der Waals surface area (Å²) in [6.07, 6.45) is 0. The lowest BCUT2D eigenvalue weighted by Gasteiger charge is -2.12. The Morgan fingerprint density at radius 3 is 2.56 bits per heavy atom. The molecule has 0 saturated carbocycles. The van der Waals surface area contributed by atoms with E-state index in [-0.39, 0.29) is 24.6 Å². The number of hydrogen-bond donors (Lipinski definition) is 2. The predicted molar refractivity (Wildman–Crippen MR) is 95.3 cm³/mol. The summed E-state index contributed by atoms with van der Waals surface area (Å²) in [7, 11) is 1.32. The number of benzene rings is 2. The average Bonchev–Trinajstić information content (AvgIpc) is 2.64. The lowest BCUT2D eigenvalue weighted by Crippen LogP contribution is -2.36. The summed E-state index contributed by atoms with van der Waals surface area (Å²) in [5.74, 6) is -0.826. The van der Waals surface area contributed by atoms with E-state index in [9.17, 15) is 18.4 Å². The summed E-state index contributed by atoms with van der Waals surface area (Å²) >= 11 is 5.81. The number of rotatable bonds is 8. The molecule has 0 bridgehead atoms. The minimum Gasteiger partial charge on any atom is -0.493 e. The van der Waals surface area contributed by atoms with E-state index in [0.717, 1.165) is 0 Å². The van der Waals surface area contributed by atoms with Gasteiger partial charge in [-0.15, -0.1) is 0 Å². The number of halogens is 3. The van der Waals surface area contributed by atoms with Crippen molar-refractivity contribution in [2.24, 2.45) is 0 Å². The van der Waals surface area contributed by atoms with Crippen LogP contribution in [0.1, 0.15) is 15.9 Å². The Morgan fingerprint density at radius 1 is 1.11 bits per heavy atom. The Labute approximate surface area is 159 Å². The molecule has 0 spiro atoms. The average molecular weight is 399 g/mol. The molecule has 0 saturated heterocycles. The number of hydrogen-bond acceptors (Lipinski definition) is 4. The third-order valence-corrected chi connectivity index (χ3v) is 3.67. The first-order chi connectivity index (χ1) is 12.9. The molecule has 0 radical (unpaired) electrons. The highest BCUT2D eigenvalue weighted by Crippen LogP contribution is 2.29. The zero-order valence-corrected chi connectivity index (χ0v) is 15.1. The van der Waals surface area contributed by atoms with E-state index in [1.54, 1.807) is 18.2 Å². The first-order valence-corrected chi connectivity index (χ1v) is 8.19. The number of amides is 2. The summed E-state index contributed by atoms with van der Waals surface area (Å²) in [6, 6.07) is 10.7. The van der Waals surface area contributed by atoms with Gasteiger partial charge in [-0.2, -0.15) is 8.78 Å². The largest absolute Gasteiger partial charge is 0.493 e. The standard InChI is InChI=1S/C18H17ClF2N2O4/c1-26-15-7-11(5-6-14(15)27-18(20)21)9-22-16(24)10-23-17(25)12-3-2-4-13(19)8-12/h2-8,18H,9-10H2,1H3,(H,22,24)(H,23,25). The van der Waals surface area contributed by atoms with Gasteiger partial charge in [-0.25, -0.2) is 0 Å². The molecule has 2 aromatic carbocycles. The first-order valence-electron chi connectivity index (χ1n) is 7.81. The van der Waals surface area contributed by atoms with Gasteiger partial charge < -0.3 is 20.1 Å². The van der Waals surface area contributed by atoms with Crippen molar-refractivity contribution in [2.45, 2.75) is 13.2 Å². The van der Waals surface area contributed by atoms with Crippen LogP contribution < -0.4 is 20.1 Å². The minimum atomic E-state index is -2.97. The molecule has 2 aromatic rings. The number of carbonyl (C=O) groups is 2. The molecule has 0 heterocycles. The zero-order valence-electron chi connectivity index (χ0n) is 14.3. The number of methoxy groups -OCH3 is 1. The maximum atomic E-state index is 12.3. The number of carbonyl (C=O) groups excluding carboxylic acids is 2. The van der Waals surface area contributed by atoms with Gasteiger partial charge in [-0.1, -0.05) is 23.7 Å². The third-order valence-electron chi connectivity index (χ3n) is 3.43. The van der Waals surface area contributed by atoms with Gasteiger partial charge in [0, 0.05) is 17.1 Å². The van der Waals surface area contributed by atoms with E-state index in [4.69, 9.17) is 16.3 Å². The Kier molecular flexibility index (Phi) is 7.36. The smallest absolute Gasteiger partial charge is 0.387 e. The Bertz CT molecular complexity index is 818. The minimum absolute atomic E-state index is 0.101. The number of alkyl halides is 2. The van der Waals surface area contributed by atoms with Crippen molar-refractivity contribution in [1.82, 2.24) is 10.6 Å². The van der Waals surface area contributed by atoms with Crippen LogP contribution in [0, 0.1) is 0 Å². The van der Waals surface area contributed by atoms with Crippen LogP contribution in [0.15, 0.2) is 42.5 Å². The van der Waals surface area contributed by atoms with E-state index in [1.165, 1.54) is 31.4 Å². The summed E-state index contributed by atoms with van der Waals surface area (Å²) < 4.78 is 33.9. The molecule has 0 unspecified atom stereocenters. The third kappa shape index (κ3) is 6.41. The van der Waals surface area contributed by atoms with Crippen LogP contribution in [0.25, 0.3) is 0 Å². The molecule has 144 valence electrons. The van der Waals surface area contributed by atoms with Crippen molar-refractivity contribution in [3.05, 3.63) is 58.6 Å². The quantitative estimate of drug-likeness (QED) is 0.716. The second kappa shape index (κ2) is 9.72. The monoisotopic (exact) mass is 398 g/mol. The summed E-state index contributed by atoms with van der Waals surface area (Å²) in [6.45, 7) is -3.07. The van der Waals surface area contributed by atoms with E-state index >= 15 is 0 Å². The highest BCUT2D eigenvalue weighted by molar-refractivity contribution is 6.30. The lowest BCUT2D eigenvalue weighted by molar-refractivity contribution is -0.120. The summed E-state index contributed by atoms with van der Waals surface area (Å²) in [4.78, 5) is 23.8. The molecule has 0 fully saturated rings. The molecule has 27 heavy (non-hydrogen) atoms. The van der Waals surface area contributed by atoms with Gasteiger partial charge >= 0.3 is 6.61 Å². The SMILES string of the molecule is COc1cc(CNC(=O)CNC(=O)c2cccc(Cl)c2)ccc1OC(F)F. The fourth-order valence-electron chi connectivity index (χ4n) is 2.17. The molecule has 6 nitrogen and oxygen atoms in total. The maximum Gasteiger partial charge on any atom is 0.387 e. The Balaban J connectivity index is 1.85. The predicted octanol–water partition coefficient (Wildman–Crippen LogP) is 3.00. The molecule has 2 rings (SSSR count). The Hall–Kier alpha value is -2.87. The van der Waals surface area contributed by atoms with Crippen molar-refractivity contribution in [3.8, 4) is 11.5 Å². The van der Waals surface area contributed by atoms with Gasteiger partial charge in [-0.3, -0.25) is 9.59 Å². The van der Waals surface area contributed by atoms with E-state index < -0.39 is 18.4 Å². The number of nitrogens with one attached hydrogen (secondary N) is 2. The van der Waals surface area contributed by atoms with Gasteiger partial charge in [0.15, 0.2) is 11.5 Å². The second-order valence-electron chi connectivity index (χ2n) is 5.33. The van der Waals surface area contributed by atoms with Gasteiger partial charge in [0.2, 0.25) is 5.91 Å². The van der Waals surface area contributed by atoms with Crippen LogP contribution >= 0.6 is 11.6 Å². The molecule has 0 aliphatic rings. The summed E-state index contributed by atoms with van der Waals surface area (Å²) in [5.41, 5.74) is 0.956. The summed E-state index contributed by atoms with van der Waals surface area (Å²) in [5, 5.41) is 5.50. The van der Waals surface area contributed by atoms with Crippen molar-refractivity contribution < 1.29 is 27.8 Å². The first kappa shape index (κ1) is 20.4. The number of ether oxygens (including phenoxy) is 2. The maximum absolute atomic E-state index is 12.3. The molecule has 0 aliphatic carbocycles. The van der Waals surface area contributed by atoms with Crippen LogP contribution in [-0.4, -0.2) is 32.1 Å². The van der Waals surface area contributed by atoms with Crippen molar-refractivity contribution in [2.75, 3.05) is 13.7 Å². The van der Waals surface area contributed by atoms with Crippen molar-refractivity contribution >= 4 is 23.4 Å². The van der Waals surface area contributed by atoms with Gasteiger partial charge in [0.25, 0.3) is 5.91 Å². The fraction of sp³-hybridized carbons (Fsp3) is 0.222. The van der Waals surface area contributed by atoms with Crippen molar-refractivity contribution in [1.29, 1.82) is 0 Å². The molecule has 0 aromatic heterocycles. The molecular formula is C18H17ClF2N2O4. The fourth-order valence-corrected chi connectivity index (χ4v) is 2.36. The Morgan fingerprint density at radius 2 is 1.89 bits per heavy atom. The molecule has 9 heteroatoms. The van der Waals surface area contributed by atoms with Crippen LogP contribution in [-0.2, 0) is 11.3 Å². The molecule has 2 amide bonds. The van der Waals surface area contributed by atoms with Gasteiger partial charge in [0.1, 0.15) is 0 Å². The van der Waals surface area contributed by atoms with Crippen LogP contribution in [0.3, 0.4) is 0 Å². The van der Waals surface area contributed by atoms with E-state index in [2.05, 4.69) is 15.4 Å². The highest BCUT2D eigenvalue weighted by atomic mass is 35.5. The van der Waals surface area contributed by atoms with Crippen LogP contribution in [0.4, 0.5) is 8.78 Å². The molecule has 0 atom stereocenters. The molecule has 2 N–H and O–H groups in total. The lowest BCUT2D eigenvalue weighted by atomic mass is 10.2. The highest BCUT2D eigenvalue weighted by Gasteiger charge is 2.12. The second-order valence-corrected chi connectivity index (χ2v) is 5.77. The zero-order chi connectivity index (χ0) is 19.8. The van der Waals surface area contributed by atoms with E-state index in [1.807, 2.05) is 0 Å². The normalized spacial score (nSPS) is 10.4. The van der Waals surface area contributed by atoms with Crippen LogP contribution in [0.5, 0.6) is 11.5 Å². The van der Waals surface area contributed by atoms with Crippen LogP contribution in [0.2, 0.25) is 5.02 Å². The molecular weight excluding hydrogens is 382 g/mol.